The lowest BCUT2D eigenvalue weighted by molar-refractivity contribution is -0.142. The number of ether oxygens (including phenoxy) is 1. The third-order valence-corrected chi connectivity index (χ3v) is 3.85. The Balaban J connectivity index is 1.83. The molecule has 2 rings (SSSR count). The fraction of sp³-hybridized carbons (Fsp3) is 0.158. The Morgan fingerprint density at radius 1 is 1.12 bits per heavy atom. The van der Waals surface area contributed by atoms with E-state index >= 15 is 0 Å². The molecule has 0 unspecified atom stereocenters. The minimum absolute atomic E-state index is 0.336. The largest absolute Gasteiger partial charge is 0.452 e. The maximum atomic E-state index is 11.8. The molecular weight excluding hydrogens is 370 g/mol. The Labute approximate surface area is 149 Å². The van der Waals surface area contributed by atoms with Gasteiger partial charge in [-0.3, -0.25) is 4.79 Å². The monoisotopic (exact) mass is 387 g/mol. The molecule has 124 valence electrons. The number of esters is 1. The number of rotatable bonds is 5. The first-order valence-corrected chi connectivity index (χ1v) is 8.21. The van der Waals surface area contributed by atoms with E-state index in [1.165, 1.54) is 6.08 Å². The molecule has 5 heteroatoms. The van der Waals surface area contributed by atoms with Crippen molar-refractivity contribution in [1.82, 2.24) is 0 Å². The topological polar surface area (TPSA) is 55.4 Å². The van der Waals surface area contributed by atoms with Gasteiger partial charge in [0.15, 0.2) is 6.61 Å². The molecule has 0 aromatic heterocycles. The number of benzene rings is 2. The third kappa shape index (κ3) is 5.66. The summed E-state index contributed by atoms with van der Waals surface area (Å²) in [5.41, 5.74) is 3.72. The fourth-order valence-corrected chi connectivity index (χ4v) is 2.62. The summed E-state index contributed by atoms with van der Waals surface area (Å²) in [5.74, 6) is -0.952. The second-order valence-corrected chi connectivity index (χ2v) is 6.24. The molecular formula is C19H18BrNO3. The van der Waals surface area contributed by atoms with Gasteiger partial charge >= 0.3 is 5.97 Å². The summed E-state index contributed by atoms with van der Waals surface area (Å²) in [4.78, 5) is 23.5. The number of hydrogen-bond donors (Lipinski definition) is 1. The van der Waals surface area contributed by atoms with Crippen LogP contribution in [0.3, 0.4) is 0 Å². The highest BCUT2D eigenvalue weighted by molar-refractivity contribution is 9.10. The summed E-state index contributed by atoms with van der Waals surface area (Å²) in [7, 11) is 0. The van der Waals surface area contributed by atoms with E-state index in [4.69, 9.17) is 4.74 Å². The molecule has 2 aromatic carbocycles. The second-order valence-electron chi connectivity index (χ2n) is 5.39. The molecule has 0 saturated carbocycles. The van der Waals surface area contributed by atoms with Crippen LogP contribution in [0.15, 0.2) is 53.0 Å². The number of carbonyl (C=O) groups is 2. The molecule has 4 nitrogen and oxygen atoms in total. The van der Waals surface area contributed by atoms with E-state index in [-0.39, 0.29) is 6.61 Å². The molecule has 0 heterocycles. The van der Waals surface area contributed by atoms with Gasteiger partial charge in [-0.25, -0.2) is 4.79 Å². The lowest BCUT2D eigenvalue weighted by atomic mass is 10.1. The molecule has 1 N–H and O–H groups in total. The molecule has 0 spiro atoms. The Morgan fingerprint density at radius 3 is 2.58 bits per heavy atom. The summed E-state index contributed by atoms with van der Waals surface area (Å²) in [6, 6.07) is 13.3. The number of halogens is 1. The number of hydrogen-bond acceptors (Lipinski definition) is 3. The summed E-state index contributed by atoms with van der Waals surface area (Å²) in [5, 5.41) is 2.69. The average Bonchev–Trinajstić information content (AvgIpc) is 2.54. The van der Waals surface area contributed by atoms with Gasteiger partial charge in [0.05, 0.1) is 5.69 Å². The van der Waals surface area contributed by atoms with E-state index in [9.17, 15) is 9.59 Å². The summed E-state index contributed by atoms with van der Waals surface area (Å²) >= 11 is 3.38. The lowest BCUT2D eigenvalue weighted by Gasteiger charge is -2.08. The van der Waals surface area contributed by atoms with Crippen molar-refractivity contribution in [3.63, 3.8) is 0 Å². The maximum absolute atomic E-state index is 11.8. The predicted molar refractivity (Wildman–Crippen MR) is 98.7 cm³/mol. The number of carbonyl (C=O) groups excluding carboxylic acids is 2. The number of aryl methyl sites for hydroxylation is 2. The number of anilines is 1. The van der Waals surface area contributed by atoms with Gasteiger partial charge in [0.2, 0.25) is 0 Å². The zero-order valence-electron chi connectivity index (χ0n) is 13.5. The van der Waals surface area contributed by atoms with Gasteiger partial charge in [-0.1, -0.05) is 35.9 Å². The highest BCUT2D eigenvalue weighted by atomic mass is 79.9. The van der Waals surface area contributed by atoms with Crippen LogP contribution in [0.1, 0.15) is 16.7 Å². The van der Waals surface area contributed by atoms with Crippen molar-refractivity contribution in [2.45, 2.75) is 13.8 Å². The Kier molecular flexibility index (Phi) is 6.32. The van der Waals surface area contributed by atoms with Gasteiger partial charge in [-0.15, -0.1) is 0 Å². The zero-order chi connectivity index (χ0) is 17.5. The first kappa shape index (κ1) is 17.9. The number of amides is 1. The third-order valence-electron chi connectivity index (χ3n) is 3.20. The van der Waals surface area contributed by atoms with E-state index in [1.807, 2.05) is 50.2 Å². The van der Waals surface area contributed by atoms with E-state index in [0.717, 1.165) is 21.2 Å². The van der Waals surface area contributed by atoms with Crippen LogP contribution in [0.25, 0.3) is 6.08 Å². The van der Waals surface area contributed by atoms with Gasteiger partial charge < -0.3 is 10.1 Å². The van der Waals surface area contributed by atoms with E-state index < -0.39 is 11.9 Å². The van der Waals surface area contributed by atoms with E-state index in [0.29, 0.717) is 5.69 Å². The van der Waals surface area contributed by atoms with Gasteiger partial charge in [0.1, 0.15) is 0 Å². The van der Waals surface area contributed by atoms with Crippen molar-refractivity contribution < 1.29 is 14.3 Å². The van der Waals surface area contributed by atoms with Crippen LogP contribution >= 0.6 is 15.9 Å². The van der Waals surface area contributed by atoms with Crippen LogP contribution in [0.2, 0.25) is 0 Å². The first-order chi connectivity index (χ1) is 11.4. The molecule has 0 bridgehead atoms. The maximum Gasteiger partial charge on any atom is 0.331 e. The standard InChI is InChI=1S/C19H18BrNO3/c1-13-4-3-5-15(10-13)7-9-19(23)24-12-18(22)21-17-8-6-14(2)11-16(17)20/h3-11H,12H2,1-2H3,(H,21,22)/b9-7+. The summed E-state index contributed by atoms with van der Waals surface area (Å²) in [6.07, 6.45) is 2.97. The first-order valence-electron chi connectivity index (χ1n) is 7.41. The van der Waals surface area contributed by atoms with Crippen LogP contribution < -0.4 is 5.32 Å². The summed E-state index contributed by atoms with van der Waals surface area (Å²) in [6.45, 7) is 3.60. The van der Waals surface area contributed by atoms with Crippen LogP contribution in [0, 0.1) is 13.8 Å². The Bertz CT molecular complexity index is 784. The van der Waals surface area contributed by atoms with Gasteiger partial charge in [-0.2, -0.15) is 0 Å². The van der Waals surface area contributed by atoms with Crippen LogP contribution in [-0.2, 0) is 14.3 Å². The SMILES string of the molecule is Cc1cccc(/C=C/C(=O)OCC(=O)Nc2ccc(C)cc2Br)c1. The number of nitrogens with one attached hydrogen (secondary N) is 1. The van der Waals surface area contributed by atoms with Crippen molar-refractivity contribution in [3.05, 3.63) is 69.7 Å². The van der Waals surface area contributed by atoms with E-state index in [1.54, 1.807) is 12.1 Å². The van der Waals surface area contributed by atoms with Crippen molar-refractivity contribution in [1.29, 1.82) is 0 Å². The molecule has 0 radical (unpaired) electrons. The van der Waals surface area contributed by atoms with Crippen molar-refractivity contribution in [3.8, 4) is 0 Å². The highest BCUT2D eigenvalue weighted by Crippen LogP contribution is 2.23. The molecule has 1 amide bonds. The van der Waals surface area contributed by atoms with Crippen LogP contribution in [0.5, 0.6) is 0 Å². The van der Waals surface area contributed by atoms with E-state index in [2.05, 4.69) is 21.2 Å². The van der Waals surface area contributed by atoms with Gasteiger partial charge in [0.25, 0.3) is 5.91 Å². The van der Waals surface area contributed by atoms with Crippen LogP contribution in [-0.4, -0.2) is 18.5 Å². The molecule has 0 aliphatic carbocycles. The smallest absolute Gasteiger partial charge is 0.331 e. The second kappa shape index (κ2) is 8.45. The lowest BCUT2D eigenvalue weighted by Crippen LogP contribution is -2.20. The minimum atomic E-state index is -0.561. The fourth-order valence-electron chi connectivity index (χ4n) is 2.03. The highest BCUT2D eigenvalue weighted by Gasteiger charge is 2.08. The molecule has 0 atom stereocenters. The Morgan fingerprint density at radius 2 is 1.88 bits per heavy atom. The molecule has 2 aromatic rings. The normalized spacial score (nSPS) is 10.6. The van der Waals surface area contributed by atoms with Crippen molar-refractivity contribution in [2.24, 2.45) is 0 Å². The molecule has 24 heavy (non-hydrogen) atoms. The van der Waals surface area contributed by atoms with Gasteiger partial charge in [0, 0.05) is 10.5 Å². The average molecular weight is 388 g/mol. The molecule has 0 saturated heterocycles. The Hall–Kier alpha value is -2.40. The van der Waals surface area contributed by atoms with Gasteiger partial charge in [-0.05, 0) is 59.1 Å². The summed E-state index contributed by atoms with van der Waals surface area (Å²) < 4.78 is 5.72. The van der Waals surface area contributed by atoms with Crippen molar-refractivity contribution >= 4 is 39.6 Å². The minimum Gasteiger partial charge on any atom is -0.452 e. The quantitative estimate of drug-likeness (QED) is 0.615. The molecule has 0 aliphatic heterocycles. The van der Waals surface area contributed by atoms with Crippen molar-refractivity contribution in [2.75, 3.05) is 11.9 Å². The zero-order valence-corrected chi connectivity index (χ0v) is 15.1. The predicted octanol–water partition coefficient (Wildman–Crippen LogP) is 4.26. The molecule has 0 aliphatic rings. The van der Waals surface area contributed by atoms with Crippen LogP contribution in [0.4, 0.5) is 5.69 Å². The molecule has 0 fully saturated rings.